The average Bonchev–Trinajstić information content (AvgIpc) is 2.83. The molecule has 0 spiro atoms. The van der Waals surface area contributed by atoms with Crippen LogP contribution in [0.15, 0.2) is 18.2 Å². The fourth-order valence-electron chi connectivity index (χ4n) is 3.06. The van der Waals surface area contributed by atoms with E-state index < -0.39 is 5.97 Å². The Morgan fingerprint density at radius 3 is 2.58 bits per heavy atom. The minimum absolute atomic E-state index is 0.362. The second-order valence-electron chi connectivity index (χ2n) is 5.70. The molecule has 0 bridgehead atoms. The number of aryl methyl sites for hydroxylation is 1. The smallest absolute Gasteiger partial charge is 0.337 e. The Balaban J connectivity index is 2.31. The van der Waals surface area contributed by atoms with Crippen molar-refractivity contribution in [1.29, 1.82) is 0 Å². The maximum absolute atomic E-state index is 11.4. The van der Waals surface area contributed by atoms with Crippen molar-refractivity contribution in [3.05, 3.63) is 29.3 Å². The number of rotatable bonds is 4. The first-order valence-corrected chi connectivity index (χ1v) is 7.10. The topological polar surface area (TPSA) is 40.5 Å². The van der Waals surface area contributed by atoms with Crippen molar-refractivity contribution in [3.63, 3.8) is 0 Å². The summed E-state index contributed by atoms with van der Waals surface area (Å²) in [5.74, 6) is -0.829. The molecule has 0 radical (unpaired) electrons. The number of aromatic carboxylic acids is 1. The lowest BCUT2D eigenvalue weighted by Gasteiger charge is -2.28. The largest absolute Gasteiger partial charge is 0.478 e. The van der Waals surface area contributed by atoms with Crippen molar-refractivity contribution in [1.82, 2.24) is 0 Å². The van der Waals surface area contributed by atoms with Crippen LogP contribution >= 0.6 is 0 Å². The Hall–Kier alpha value is -1.51. The lowest BCUT2D eigenvalue weighted by molar-refractivity contribution is 0.0697. The van der Waals surface area contributed by atoms with E-state index in [1.807, 2.05) is 19.1 Å². The van der Waals surface area contributed by atoms with E-state index in [4.69, 9.17) is 0 Å². The summed E-state index contributed by atoms with van der Waals surface area (Å²) in [6.07, 6.45) is 3.48. The van der Waals surface area contributed by atoms with Crippen LogP contribution in [0.25, 0.3) is 0 Å². The highest BCUT2D eigenvalue weighted by molar-refractivity contribution is 5.94. The van der Waals surface area contributed by atoms with E-state index in [0.29, 0.717) is 11.0 Å². The van der Waals surface area contributed by atoms with Crippen molar-refractivity contribution < 1.29 is 9.90 Å². The molecule has 0 saturated carbocycles. The molecule has 1 aromatic rings. The van der Waals surface area contributed by atoms with Crippen molar-refractivity contribution in [2.75, 3.05) is 18.0 Å². The highest BCUT2D eigenvalue weighted by atomic mass is 16.4. The number of carboxylic acid groups (broad SMARTS) is 1. The molecule has 104 valence electrons. The van der Waals surface area contributed by atoms with Crippen LogP contribution in [0.2, 0.25) is 0 Å². The van der Waals surface area contributed by atoms with Crippen molar-refractivity contribution in [2.24, 2.45) is 5.41 Å². The molecular formula is C16H23NO2. The third kappa shape index (κ3) is 2.60. The molecule has 3 heteroatoms. The zero-order valence-electron chi connectivity index (χ0n) is 12.1. The van der Waals surface area contributed by atoms with Gasteiger partial charge in [-0.25, -0.2) is 4.79 Å². The van der Waals surface area contributed by atoms with Gasteiger partial charge in [0, 0.05) is 13.1 Å². The van der Waals surface area contributed by atoms with Crippen molar-refractivity contribution >= 4 is 11.7 Å². The van der Waals surface area contributed by atoms with E-state index >= 15 is 0 Å². The van der Waals surface area contributed by atoms with Gasteiger partial charge in [0.2, 0.25) is 0 Å². The van der Waals surface area contributed by atoms with E-state index in [1.165, 1.54) is 0 Å². The molecular weight excluding hydrogens is 238 g/mol. The lowest BCUT2D eigenvalue weighted by atomic mass is 9.82. The molecule has 19 heavy (non-hydrogen) atoms. The zero-order chi connectivity index (χ0) is 14.0. The number of hydrogen-bond donors (Lipinski definition) is 1. The van der Waals surface area contributed by atoms with Gasteiger partial charge in [0.1, 0.15) is 0 Å². The maximum atomic E-state index is 11.4. The molecule has 0 unspecified atom stereocenters. The van der Waals surface area contributed by atoms with Gasteiger partial charge < -0.3 is 10.0 Å². The first-order chi connectivity index (χ1) is 9.01. The predicted molar refractivity (Wildman–Crippen MR) is 78.0 cm³/mol. The third-order valence-electron chi connectivity index (χ3n) is 4.66. The Morgan fingerprint density at radius 2 is 2.05 bits per heavy atom. The number of benzene rings is 1. The molecule has 0 atom stereocenters. The molecule has 2 rings (SSSR count). The van der Waals surface area contributed by atoms with Crippen molar-refractivity contribution in [2.45, 2.75) is 40.0 Å². The molecule has 1 heterocycles. The summed E-state index contributed by atoms with van der Waals surface area (Å²) in [6, 6.07) is 5.73. The van der Waals surface area contributed by atoms with Gasteiger partial charge in [0.05, 0.1) is 11.3 Å². The lowest BCUT2D eigenvalue weighted by Crippen LogP contribution is -2.27. The van der Waals surface area contributed by atoms with Gasteiger partial charge in [-0.15, -0.1) is 0 Å². The number of anilines is 1. The minimum Gasteiger partial charge on any atom is -0.478 e. The highest BCUT2D eigenvalue weighted by Gasteiger charge is 2.36. The second-order valence-corrected chi connectivity index (χ2v) is 5.70. The second kappa shape index (κ2) is 5.24. The fraction of sp³-hybridized carbons (Fsp3) is 0.562. The van der Waals surface area contributed by atoms with E-state index in [-0.39, 0.29) is 0 Å². The molecule has 1 aromatic carbocycles. The average molecular weight is 261 g/mol. The van der Waals surface area contributed by atoms with Crippen LogP contribution in [0.5, 0.6) is 0 Å². The van der Waals surface area contributed by atoms with Crippen LogP contribution in [0.3, 0.4) is 0 Å². The molecule has 3 nitrogen and oxygen atoms in total. The summed E-state index contributed by atoms with van der Waals surface area (Å²) < 4.78 is 0. The van der Waals surface area contributed by atoms with Crippen LogP contribution in [0.1, 0.15) is 49.0 Å². The Kier molecular flexibility index (Phi) is 3.83. The summed E-state index contributed by atoms with van der Waals surface area (Å²) in [5.41, 5.74) is 2.67. The van der Waals surface area contributed by atoms with E-state index in [2.05, 4.69) is 18.7 Å². The van der Waals surface area contributed by atoms with Gasteiger partial charge in [-0.3, -0.25) is 0 Å². The molecule has 0 aromatic heterocycles. The molecule has 0 amide bonds. The number of carbonyl (C=O) groups is 1. The van der Waals surface area contributed by atoms with Crippen LogP contribution < -0.4 is 4.90 Å². The van der Waals surface area contributed by atoms with Crippen LogP contribution in [0, 0.1) is 12.3 Å². The Morgan fingerprint density at radius 1 is 1.37 bits per heavy atom. The summed E-state index contributed by atoms with van der Waals surface area (Å²) >= 11 is 0. The summed E-state index contributed by atoms with van der Waals surface area (Å²) in [4.78, 5) is 13.7. The Bertz CT molecular complexity index is 478. The monoisotopic (exact) mass is 261 g/mol. The standard InChI is InChI=1S/C16H23NO2/c1-4-16(5-2)8-9-17(11-16)14-7-6-12(3)10-13(14)15(18)19/h6-7,10H,4-5,8-9,11H2,1-3H3,(H,18,19). The van der Waals surface area contributed by atoms with Crippen LogP contribution in [-0.2, 0) is 0 Å². The van der Waals surface area contributed by atoms with Gasteiger partial charge in [0.15, 0.2) is 0 Å². The number of carboxylic acids is 1. The minimum atomic E-state index is -0.829. The van der Waals surface area contributed by atoms with E-state index in [1.54, 1.807) is 6.07 Å². The van der Waals surface area contributed by atoms with Crippen LogP contribution in [0.4, 0.5) is 5.69 Å². The molecule has 1 aliphatic heterocycles. The maximum Gasteiger partial charge on any atom is 0.337 e. The van der Waals surface area contributed by atoms with Gasteiger partial charge in [-0.05, 0) is 43.7 Å². The fourth-order valence-corrected chi connectivity index (χ4v) is 3.06. The van der Waals surface area contributed by atoms with Crippen molar-refractivity contribution in [3.8, 4) is 0 Å². The van der Waals surface area contributed by atoms with Gasteiger partial charge in [-0.1, -0.05) is 25.5 Å². The molecule has 1 N–H and O–H groups in total. The summed E-state index contributed by atoms with van der Waals surface area (Å²) in [5, 5.41) is 9.37. The van der Waals surface area contributed by atoms with E-state index in [0.717, 1.165) is 43.6 Å². The SMILES string of the molecule is CCC1(CC)CCN(c2ccc(C)cc2C(=O)O)C1. The molecule has 0 aliphatic carbocycles. The first-order valence-electron chi connectivity index (χ1n) is 7.10. The highest BCUT2D eigenvalue weighted by Crippen LogP contribution is 2.39. The Labute approximate surface area is 115 Å². The number of nitrogens with zero attached hydrogens (tertiary/aromatic N) is 1. The first kappa shape index (κ1) is 13.9. The van der Waals surface area contributed by atoms with Gasteiger partial charge in [-0.2, -0.15) is 0 Å². The van der Waals surface area contributed by atoms with Gasteiger partial charge in [0.25, 0.3) is 0 Å². The van der Waals surface area contributed by atoms with Crippen LogP contribution in [-0.4, -0.2) is 24.2 Å². The zero-order valence-corrected chi connectivity index (χ0v) is 12.1. The number of hydrogen-bond acceptors (Lipinski definition) is 2. The summed E-state index contributed by atoms with van der Waals surface area (Å²) in [6.45, 7) is 8.34. The third-order valence-corrected chi connectivity index (χ3v) is 4.66. The predicted octanol–water partition coefficient (Wildman–Crippen LogP) is 3.71. The molecule has 1 fully saturated rings. The van der Waals surface area contributed by atoms with E-state index in [9.17, 15) is 9.90 Å². The normalized spacial score (nSPS) is 17.7. The van der Waals surface area contributed by atoms with Gasteiger partial charge >= 0.3 is 5.97 Å². The summed E-state index contributed by atoms with van der Waals surface area (Å²) in [7, 11) is 0. The quantitative estimate of drug-likeness (QED) is 0.898. The molecule has 1 saturated heterocycles. The molecule has 1 aliphatic rings.